The van der Waals surface area contributed by atoms with Crippen LogP contribution in [0.2, 0.25) is 0 Å². The fraction of sp³-hybridized carbons (Fsp3) is 0.643. The second kappa shape index (κ2) is 6.60. The van der Waals surface area contributed by atoms with Crippen molar-refractivity contribution in [2.24, 2.45) is 5.92 Å². The van der Waals surface area contributed by atoms with E-state index in [1.54, 1.807) is 0 Å². The highest BCUT2D eigenvalue weighted by Crippen LogP contribution is 2.29. The molecule has 0 aliphatic heterocycles. The maximum Gasteiger partial charge on any atom is 0.126 e. The standard InChI is InChI=1S/C14H22N2O/c1-2-15-14-8-4-7-13(16-14)11-17-10-9-12-5-3-6-12/h4,7-8,12H,2-3,5-6,9-11H2,1H3,(H,15,16). The van der Waals surface area contributed by atoms with Gasteiger partial charge in [-0.25, -0.2) is 4.98 Å². The van der Waals surface area contributed by atoms with Crippen LogP contribution in [0.25, 0.3) is 0 Å². The van der Waals surface area contributed by atoms with E-state index in [-0.39, 0.29) is 0 Å². The molecule has 1 aliphatic rings. The number of ether oxygens (including phenoxy) is 1. The fourth-order valence-electron chi connectivity index (χ4n) is 2.05. The summed E-state index contributed by atoms with van der Waals surface area (Å²) in [5.74, 6) is 1.86. The zero-order valence-electron chi connectivity index (χ0n) is 10.6. The van der Waals surface area contributed by atoms with Crippen LogP contribution in [0.5, 0.6) is 0 Å². The Morgan fingerprint density at radius 1 is 1.41 bits per heavy atom. The average molecular weight is 234 g/mol. The second-order valence-corrected chi connectivity index (χ2v) is 4.68. The summed E-state index contributed by atoms with van der Waals surface area (Å²) in [6.07, 6.45) is 5.43. The normalized spacial score (nSPS) is 15.6. The Kier molecular flexibility index (Phi) is 4.80. The predicted octanol–water partition coefficient (Wildman–Crippen LogP) is 3.22. The van der Waals surface area contributed by atoms with E-state index in [4.69, 9.17) is 4.74 Å². The third-order valence-corrected chi connectivity index (χ3v) is 3.31. The lowest BCUT2D eigenvalue weighted by atomic mass is 9.83. The maximum absolute atomic E-state index is 5.67. The molecular weight excluding hydrogens is 212 g/mol. The summed E-state index contributed by atoms with van der Waals surface area (Å²) in [4.78, 5) is 4.48. The molecule has 0 atom stereocenters. The van der Waals surface area contributed by atoms with Crippen molar-refractivity contribution in [1.29, 1.82) is 0 Å². The van der Waals surface area contributed by atoms with Gasteiger partial charge in [0.1, 0.15) is 5.82 Å². The predicted molar refractivity (Wildman–Crippen MR) is 70.0 cm³/mol. The number of hydrogen-bond donors (Lipinski definition) is 1. The van der Waals surface area contributed by atoms with Crippen LogP contribution in [0, 0.1) is 5.92 Å². The first kappa shape index (κ1) is 12.4. The number of pyridine rings is 1. The van der Waals surface area contributed by atoms with Gasteiger partial charge in [-0.05, 0) is 31.4 Å². The van der Waals surface area contributed by atoms with E-state index in [1.165, 1.54) is 25.7 Å². The van der Waals surface area contributed by atoms with Crippen LogP contribution >= 0.6 is 0 Å². The molecule has 2 rings (SSSR count). The Balaban J connectivity index is 1.68. The van der Waals surface area contributed by atoms with Gasteiger partial charge in [0.05, 0.1) is 12.3 Å². The summed E-state index contributed by atoms with van der Waals surface area (Å²) in [7, 11) is 0. The maximum atomic E-state index is 5.67. The minimum atomic E-state index is 0.631. The van der Waals surface area contributed by atoms with Gasteiger partial charge in [-0.15, -0.1) is 0 Å². The smallest absolute Gasteiger partial charge is 0.126 e. The van der Waals surface area contributed by atoms with Crippen LogP contribution in [0.4, 0.5) is 5.82 Å². The Morgan fingerprint density at radius 2 is 2.29 bits per heavy atom. The number of aromatic nitrogens is 1. The van der Waals surface area contributed by atoms with Gasteiger partial charge in [0.2, 0.25) is 0 Å². The number of anilines is 1. The van der Waals surface area contributed by atoms with Crippen LogP contribution in [0.1, 0.15) is 38.3 Å². The van der Waals surface area contributed by atoms with Crippen molar-refractivity contribution in [1.82, 2.24) is 4.98 Å². The van der Waals surface area contributed by atoms with Crippen LogP contribution in [0.3, 0.4) is 0 Å². The molecular formula is C14H22N2O. The zero-order chi connectivity index (χ0) is 11.9. The zero-order valence-corrected chi connectivity index (χ0v) is 10.6. The second-order valence-electron chi connectivity index (χ2n) is 4.68. The summed E-state index contributed by atoms with van der Waals surface area (Å²) < 4.78 is 5.67. The Bertz CT molecular complexity index is 337. The lowest BCUT2D eigenvalue weighted by Crippen LogP contribution is -2.13. The third-order valence-electron chi connectivity index (χ3n) is 3.31. The molecule has 94 valence electrons. The minimum Gasteiger partial charge on any atom is -0.375 e. The van der Waals surface area contributed by atoms with E-state index in [0.717, 1.165) is 30.6 Å². The van der Waals surface area contributed by atoms with E-state index in [0.29, 0.717) is 6.61 Å². The largest absolute Gasteiger partial charge is 0.375 e. The van der Waals surface area contributed by atoms with Gasteiger partial charge in [-0.2, -0.15) is 0 Å². The monoisotopic (exact) mass is 234 g/mol. The van der Waals surface area contributed by atoms with E-state index in [1.807, 2.05) is 18.2 Å². The Hall–Kier alpha value is -1.09. The van der Waals surface area contributed by atoms with E-state index in [2.05, 4.69) is 17.2 Å². The molecule has 3 heteroatoms. The highest BCUT2D eigenvalue weighted by molar-refractivity contribution is 5.34. The van der Waals surface area contributed by atoms with Crippen LogP contribution < -0.4 is 5.32 Å². The lowest BCUT2D eigenvalue weighted by Gasteiger charge is -2.24. The fourth-order valence-corrected chi connectivity index (χ4v) is 2.05. The molecule has 1 aliphatic carbocycles. The molecule has 1 fully saturated rings. The highest BCUT2D eigenvalue weighted by Gasteiger charge is 2.16. The Labute approximate surface area is 104 Å². The van der Waals surface area contributed by atoms with E-state index >= 15 is 0 Å². The molecule has 1 heterocycles. The third kappa shape index (κ3) is 4.00. The molecule has 3 nitrogen and oxygen atoms in total. The molecule has 0 unspecified atom stereocenters. The molecule has 0 aromatic carbocycles. The summed E-state index contributed by atoms with van der Waals surface area (Å²) in [5.41, 5.74) is 1.01. The summed E-state index contributed by atoms with van der Waals surface area (Å²) in [6, 6.07) is 6.03. The van der Waals surface area contributed by atoms with Crippen molar-refractivity contribution in [3.8, 4) is 0 Å². The molecule has 0 spiro atoms. The van der Waals surface area contributed by atoms with Gasteiger partial charge in [-0.3, -0.25) is 0 Å². The average Bonchev–Trinajstić information content (AvgIpc) is 2.27. The number of nitrogens with zero attached hydrogens (tertiary/aromatic N) is 1. The van der Waals surface area contributed by atoms with Crippen molar-refractivity contribution >= 4 is 5.82 Å². The Morgan fingerprint density at radius 3 is 3.00 bits per heavy atom. The first-order valence-corrected chi connectivity index (χ1v) is 6.66. The first-order valence-electron chi connectivity index (χ1n) is 6.66. The van der Waals surface area contributed by atoms with Crippen molar-refractivity contribution < 1.29 is 4.74 Å². The van der Waals surface area contributed by atoms with Crippen molar-refractivity contribution in [2.75, 3.05) is 18.5 Å². The summed E-state index contributed by atoms with van der Waals surface area (Å²) in [5, 5.41) is 3.21. The van der Waals surface area contributed by atoms with Gasteiger partial charge in [0.15, 0.2) is 0 Å². The highest BCUT2D eigenvalue weighted by atomic mass is 16.5. The molecule has 0 radical (unpaired) electrons. The molecule has 1 saturated carbocycles. The van der Waals surface area contributed by atoms with Gasteiger partial charge >= 0.3 is 0 Å². The topological polar surface area (TPSA) is 34.1 Å². The molecule has 0 saturated heterocycles. The van der Waals surface area contributed by atoms with Crippen molar-refractivity contribution in [3.63, 3.8) is 0 Å². The molecule has 1 N–H and O–H groups in total. The molecule has 0 amide bonds. The summed E-state index contributed by atoms with van der Waals surface area (Å²) in [6.45, 7) is 4.48. The van der Waals surface area contributed by atoms with Crippen LogP contribution in [0.15, 0.2) is 18.2 Å². The quantitative estimate of drug-likeness (QED) is 0.735. The number of rotatable bonds is 7. The summed E-state index contributed by atoms with van der Waals surface area (Å²) >= 11 is 0. The van der Waals surface area contributed by atoms with Gasteiger partial charge in [0.25, 0.3) is 0 Å². The molecule has 1 aromatic rings. The van der Waals surface area contributed by atoms with E-state index in [9.17, 15) is 0 Å². The SMILES string of the molecule is CCNc1cccc(COCCC2CCC2)n1. The van der Waals surface area contributed by atoms with Crippen molar-refractivity contribution in [2.45, 2.75) is 39.2 Å². The van der Waals surface area contributed by atoms with Crippen molar-refractivity contribution in [3.05, 3.63) is 23.9 Å². The van der Waals surface area contributed by atoms with Gasteiger partial charge in [-0.1, -0.05) is 25.3 Å². The number of hydrogen-bond acceptors (Lipinski definition) is 3. The molecule has 17 heavy (non-hydrogen) atoms. The number of nitrogens with one attached hydrogen (secondary N) is 1. The van der Waals surface area contributed by atoms with Gasteiger partial charge in [0, 0.05) is 13.2 Å². The molecule has 1 aromatic heterocycles. The van der Waals surface area contributed by atoms with Crippen LogP contribution in [-0.2, 0) is 11.3 Å². The minimum absolute atomic E-state index is 0.631. The van der Waals surface area contributed by atoms with Gasteiger partial charge < -0.3 is 10.1 Å². The van der Waals surface area contributed by atoms with E-state index < -0.39 is 0 Å². The van der Waals surface area contributed by atoms with Crippen LogP contribution in [-0.4, -0.2) is 18.1 Å². The lowest BCUT2D eigenvalue weighted by molar-refractivity contribution is 0.0930. The first-order chi connectivity index (χ1) is 8.38. The molecule has 0 bridgehead atoms.